The third-order valence-electron chi connectivity index (χ3n) is 4.86. The second-order valence-corrected chi connectivity index (χ2v) is 11.1. The summed E-state index contributed by atoms with van der Waals surface area (Å²) >= 11 is 0. The number of anilines is 3. The lowest BCUT2D eigenvalue weighted by Crippen LogP contribution is -2.24. The number of rotatable bonds is 7. The minimum absolute atomic E-state index is 0.221. The maximum Gasteiger partial charge on any atom is 0.416 e. The molecule has 3 aromatic rings. The lowest BCUT2D eigenvalue weighted by Gasteiger charge is -2.16. The number of halogens is 3. The molecule has 0 saturated heterocycles. The first kappa shape index (κ1) is 26.0. The fourth-order valence-electron chi connectivity index (χ4n) is 2.91. The zero-order valence-electron chi connectivity index (χ0n) is 18.4. The number of hydrogen-bond donors (Lipinski definition) is 2. The quantitative estimate of drug-likeness (QED) is 0.479. The number of carbonyl (C=O) groups excluding carboxylic acids is 1. The third-order valence-corrected chi connectivity index (χ3v) is 7.46. The summed E-state index contributed by atoms with van der Waals surface area (Å²) in [5.41, 5.74) is -0.371. The number of sulfonamides is 2. The molecule has 0 unspecified atom stereocenters. The first-order chi connectivity index (χ1) is 16.2. The van der Waals surface area contributed by atoms with Crippen LogP contribution < -0.4 is 14.3 Å². The van der Waals surface area contributed by atoms with Gasteiger partial charge >= 0.3 is 6.18 Å². The summed E-state index contributed by atoms with van der Waals surface area (Å²) in [4.78, 5) is 12.2. The van der Waals surface area contributed by atoms with Crippen LogP contribution in [0.5, 0.6) is 0 Å². The van der Waals surface area contributed by atoms with Crippen LogP contribution in [0, 0.1) is 0 Å². The summed E-state index contributed by atoms with van der Waals surface area (Å²) in [6.45, 7) is 0. The van der Waals surface area contributed by atoms with Crippen molar-refractivity contribution in [2.45, 2.75) is 11.1 Å². The van der Waals surface area contributed by atoms with E-state index in [-0.39, 0.29) is 21.8 Å². The summed E-state index contributed by atoms with van der Waals surface area (Å²) in [6.07, 6.45) is -3.57. The molecule has 35 heavy (non-hydrogen) atoms. The van der Waals surface area contributed by atoms with Crippen molar-refractivity contribution in [3.05, 3.63) is 83.9 Å². The zero-order valence-corrected chi connectivity index (χ0v) is 20.0. The van der Waals surface area contributed by atoms with Gasteiger partial charge in [0.15, 0.2) is 0 Å². The van der Waals surface area contributed by atoms with Crippen molar-refractivity contribution in [3.8, 4) is 0 Å². The minimum Gasteiger partial charge on any atom is -0.322 e. The van der Waals surface area contributed by atoms with Gasteiger partial charge in [-0.2, -0.15) is 13.2 Å². The maximum atomic E-state index is 12.9. The molecule has 0 spiro atoms. The van der Waals surface area contributed by atoms with Gasteiger partial charge in [-0.3, -0.25) is 13.8 Å². The second-order valence-electron chi connectivity index (χ2n) is 7.44. The summed E-state index contributed by atoms with van der Waals surface area (Å²) in [5, 5.41) is 2.58. The standard InChI is InChI=1S/C22H20F3N3O5S2/c1-28(34(2,30)31)19-10-6-15(7-11-19)21(29)26-17-8-12-20(13-9-17)35(32,33)27-18-5-3-4-16(14-18)22(23,24)25/h3-14,27H,1-2H3,(H,26,29). The third kappa shape index (κ3) is 6.51. The van der Waals surface area contributed by atoms with Crippen LogP contribution in [-0.4, -0.2) is 36.0 Å². The highest BCUT2D eigenvalue weighted by atomic mass is 32.2. The van der Waals surface area contributed by atoms with E-state index in [0.29, 0.717) is 11.8 Å². The molecule has 3 rings (SSSR count). The molecular formula is C22H20F3N3O5S2. The Morgan fingerprint density at radius 1 is 0.857 bits per heavy atom. The highest BCUT2D eigenvalue weighted by molar-refractivity contribution is 7.92. The summed E-state index contributed by atoms with van der Waals surface area (Å²) in [7, 11) is -6.26. The van der Waals surface area contributed by atoms with Crippen LogP contribution in [0.15, 0.2) is 77.7 Å². The molecule has 0 aliphatic carbocycles. The molecule has 186 valence electrons. The van der Waals surface area contributed by atoms with Gasteiger partial charge in [-0.25, -0.2) is 16.8 Å². The van der Waals surface area contributed by atoms with Crippen LogP contribution in [0.25, 0.3) is 0 Å². The van der Waals surface area contributed by atoms with Crippen molar-refractivity contribution in [2.24, 2.45) is 0 Å². The summed E-state index contributed by atoms with van der Waals surface area (Å²) < 4.78 is 90.0. The smallest absolute Gasteiger partial charge is 0.322 e. The van der Waals surface area contributed by atoms with Gasteiger partial charge in [0, 0.05) is 24.0 Å². The Morgan fingerprint density at radius 3 is 2.00 bits per heavy atom. The molecule has 0 heterocycles. The average Bonchev–Trinajstić information content (AvgIpc) is 2.78. The largest absolute Gasteiger partial charge is 0.416 e. The molecule has 2 N–H and O–H groups in total. The van der Waals surface area contributed by atoms with Crippen molar-refractivity contribution in [1.82, 2.24) is 0 Å². The summed E-state index contributed by atoms with van der Waals surface area (Å²) in [6, 6.07) is 14.6. The molecule has 0 radical (unpaired) electrons. The maximum absolute atomic E-state index is 12.9. The molecule has 1 amide bonds. The van der Waals surface area contributed by atoms with Crippen molar-refractivity contribution in [3.63, 3.8) is 0 Å². The van der Waals surface area contributed by atoms with Crippen molar-refractivity contribution >= 4 is 43.0 Å². The molecule has 0 saturated carbocycles. The highest BCUT2D eigenvalue weighted by Gasteiger charge is 2.30. The van der Waals surface area contributed by atoms with Gasteiger partial charge in [0.05, 0.1) is 22.4 Å². The predicted molar refractivity (Wildman–Crippen MR) is 126 cm³/mol. The molecule has 0 aliphatic heterocycles. The zero-order chi connectivity index (χ0) is 26.0. The first-order valence-corrected chi connectivity index (χ1v) is 13.2. The minimum atomic E-state index is -4.62. The molecular weight excluding hydrogens is 507 g/mol. The first-order valence-electron chi connectivity index (χ1n) is 9.82. The van der Waals surface area contributed by atoms with Crippen molar-refractivity contribution in [2.75, 3.05) is 27.6 Å². The summed E-state index contributed by atoms with van der Waals surface area (Å²) in [5.74, 6) is -0.517. The van der Waals surface area contributed by atoms with Gasteiger partial charge in [0.2, 0.25) is 10.0 Å². The highest BCUT2D eigenvalue weighted by Crippen LogP contribution is 2.31. The Labute approximate surface area is 200 Å². The number of nitrogens with zero attached hydrogens (tertiary/aromatic N) is 1. The Bertz CT molecular complexity index is 1440. The molecule has 0 fully saturated rings. The number of carbonyl (C=O) groups is 1. The fourth-order valence-corrected chi connectivity index (χ4v) is 4.46. The van der Waals surface area contributed by atoms with Gasteiger partial charge in [-0.05, 0) is 66.7 Å². The second kappa shape index (κ2) is 9.58. The van der Waals surface area contributed by atoms with Gasteiger partial charge in [-0.15, -0.1) is 0 Å². The molecule has 8 nitrogen and oxygen atoms in total. The number of amides is 1. The molecule has 3 aromatic carbocycles. The van der Waals surface area contributed by atoms with E-state index in [4.69, 9.17) is 0 Å². The SMILES string of the molecule is CN(c1ccc(C(=O)Nc2ccc(S(=O)(=O)Nc3cccc(C(F)(F)F)c3)cc2)cc1)S(C)(=O)=O. The van der Waals surface area contributed by atoms with E-state index in [1.165, 1.54) is 61.6 Å². The van der Waals surface area contributed by atoms with E-state index >= 15 is 0 Å². The Balaban J connectivity index is 1.70. The van der Waals surface area contributed by atoms with E-state index in [1.54, 1.807) is 0 Å². The van der Waals surface area contributed by atoms with Crippen LogP contribution in [0.4, 0.5) is 30.2 Å². The number of benzene rings is 3. The van der Waals surface area contributed by atoms with E-state index in [2.05, 4.69) is 10.0 Å². The Hall–Kier alpha value is -3.58. The predicted octanol–water partition coefficient (Wildman–Crippen LogP) is 4.15. The van der Waals surface area contributed by atoms with E-state index < -0.39 is 37.7 Å². The van der Waals surface area contributed by atoms with Crippen LogP contribution in [-0.2, 0) is 26.2 Å². The number of alkyl halides is 3. The lowest BCUT2D eigenvalue weighted by atomic mass is 10.2. The van der Waals surface area contributed by atoms with Crippen LogP contribution >= 0.6 is 0 Å². The number of nitrogens with one attached hydrogen (secondary N) is 2. The van der Waals surface area contributed by atoms with Crippen LogP contribution in [0.3, 0.4) is 0 Å². The van der Waals surface area contributed by atoms with Gasteiger partial charge in [-0.1, -0.05) is 6.07 Å². The molecule has 0 aliphatic rings. The molecule has 0 atom stereocenters. The normalized spacial score (nSPS) is 12.1. The Kier molecular flexibility index (Phi) is 7.13. The molecule has 0 bridgehead atoms. The molecule has 13 heteroatoms. The fraction of sp³-hybridized carbons (Fsp3) is 0.136. The van der Waals surface area contributed by atoms with Gasteiger partial charge < -0.3 is 5.32 Å². The average molecular weight is 528 g/mol. The van der Waals surface area contributed by atoms with Crippen molar-refractivity contribution in [1.29, 1.82) is 0 Å². The van der Waals surface area contributed by atoms with Gasteiger partial charge in [0.25, 0.3) is 15.9 Å². The monoisotopic (exact) mass is 527 g/mol. The van der Waals surface area contributed by atoms with E-state index in [0.717, 1.165) is 22.7 Å². The van der Waals surface area contributed by atoms with E-state index in [9.17, 15) is 34.8 Å². The molecule has 0 aromatic heterocycles. The van der Waals surface area contributed by atoms with Gasteiger partial charge in [0.1, 0.15) is 0 Å². The lowest BCUT2D eigenvalue weighted by molar-refractivity contribution is -0.137. The Morgan fingerprint density at radius 2 is 1.46 bits per heavy atom. The van der Waals surface area contributed by atoms with Crippen LogP contribution in [0.2, 0.25) is 0 Å². The number of hydrogen-bond acceptors (Lipinski definition) is 5. The topological polar surface area (TPSA) is 113 Å². The van der Waals surface area contributed by atoms with E-state index in [1.807, 2.05) is 0 Å². The van der Waals surface area contributed by atoms with Crippen molar-refractivity contribution < 1.29 is 34.8 Å². The van der Waals surface area contributed by atoms with Crippen LogP contribution in [0.1, 0.15) is 15.9 Å².